The van der Waals surface area contributed by atoms with Crippen LogP contribution < -0.4 is 0 Å². The number of nitrogens with zero attached hydrogens (tertiary/aromatic N) is 3. The molecule has 0 spiro atoms. The normalized spacial score (nSPS) is 11.4. The van der Waals surface area contributed by atoms with Gasteiger partial charge in [-0.3, -0.25) is 4.98 Å². The van der Waals surface area contributed by atoms with Crippen LogP contribution >= 0.6 is 0 Å². The molecule has 0 aromatic carbocycles. The molecule has 6 rings (SSSR count). The molecule has 0 aliphatic carbocycles. The van der Waals surface area contributed by atoms with Crippen molar-refractivity contribution in [3.63, 3.8) is 0 Å². The first-order valence-electron chi connectivity index (χ1n) is 9.70. The zero-order chi connectivity index (χ0) is 20.2. The van der Waals surface area contributed by atoms with Crippen LogP contribution in [0.15, 0.2) is 79.1 Å². The molecule has 6 heterocycles. The van der Waals surface area contributed by atoms with Crippen molar-refractivity contribution in [3.05, 3.63) is 102 Å². The van der Waals surface area contributed by atoms with Crippen LogP contribution in [0.5, 0.6) is 0 Å². The summed E-state index contributed by atoms with van der Waals surface area (Å²) >= 11 is 0. The zero-order valence-electron chi connectivity index (χ0n) is 16.5. The van der Waals surface area contributed by atoms with E-state index in [4.69, 9.17) is 0 Å². The second kappa shape index (κ2) is 9.38. The fourth-order valence-corrected chi connectivity index (χ4v) is 3.26. The van der Waals surface area contributed by atoms with Gasteiger partial charge in [-0.15, -0.1) is 0 Å². The third-order valence-corrected chi connectivity index (χ3v) is 4.61. The van der Waals surface area contributed by atoms with Gasteiger partial charge in [0.1, 0.15) is 0 Å². The van der Waals surface area contributed by atoms with Gasteiger partial charge in [0.25, 0.3) is 0 Å². The summed E-state index contributed by atoms with van der Waals surface area (Å²) in [6.45, 7) is 0. The SMILES string of the molecule is C1=Cc2cc3ccc(cc4nc(cc5ccc(cc1n2)[nH]5)C=C4)[nH]3.[Co].c1ccncc1. The number of hydrogen-bond acceptors (Lipinski definition) is 3. The number of H-pyrrole nitrogens is 2. The second-order valence-corrected chi connectivity index (χ2v) is 6.93. The summed E-state index contributed by atoms with van der Waals surface area (Å²) in [5.41, 5.74) is 7.86. The van der Waals surface area contributed by atoms with Crippen LogP contribution in [0.1, 0.15) is 22.8 Å². The van der Waals surface area contributed by atoms with Crippen molar-refractivity contribution in [2.45, 2.75) is 0 Å². The van der Waals surface area contributed by atoms with Crippen molar-refractivity contribution in [1.82, 2.24) is 24.9 Å². The molecule has 2 N–H and O–H groups in total. The molecule has 0 amide bonds. The van der Waals surface area contributed by atoms with E-state index in [1.807, 2.05) is 66.8 Å². The molecule has 0 atom stereocenters. The van der Waals surface area contributed by atoms with Gasteiger partial charge in [0.05, 0.1) is 22.8 Å². The Morgan fingerprint density at radius 2 is 0.839 bits per heavy atom. The van der Waals surface area contributed by atoms with Crippen molar-refractivity contribution >= 4 is 46.4 Å². The molecule has 2 aliphatic heterocycles. The van der Waals surface area contributed by atoms with Gasteiger partial charge < -0.3 is 9.97 Å². The maximum atomic E-state index is 4.63. The first kappa shape index (κ1) is 20.5. The molecular weight excluding hydrogens is 429 g/mol. The van der Waals surface area contributed by atoms with Crippen molar-refractivity contribution in [2.24, 2.45) is 0 Å². The van der Waals surface area contributed by atoms with E-state index in [2.05, 4.69) is 49.2 Å². The van der Waals surface area contributed by atoms with E-state index >= 15 is 0 Å². The van der Waals surface area contributed by atoms with Crippen LogP contribution in [0, 0.1) is 0 Å². The van der Waals surface area contributed by atoms with Gasteiger partial charge >= 0.3 is 0 Å². The molecule has 0 unspecified atom stereocenters. The zero-order valence-corrected chi connectivity index (χ0v) is 17.5. The van der Waals surface area contributed by atoms with Gasteiger partial charge in [0.2, 0.25) is 0 Å². The number of rotatable bonds is 0. The quantitative estimate of drug-likeness (QED) is 0.312. The summed E-state index contributed by atoms with van der Waals surface area (Å²) in [6, 6.07) is 22.1. The van der Waals surface area contributed by atoms with E-state index in [0.29, 0.717) is 0 Å². The number of aromatic nitrogens is 5. The molecule has 31 heavy (non-hydrogen) atoms. The van der Waals surface area contributed by atoms with Crippen LogP contribution in [0.2, 0.25) is 0 Å². The molecule has 0 saturated heterocycles. The fraction of sp³-hybridized carbons (Fsp3) is 0. The molecule has 2 aliphatic rings. The molecule has 8 bridgehead atoms. The number of aromatic amines is 2. The third kappa shape index (κ3) is 5.25. The standard InChI is InChI=1S/C20H14N4.C5H5N.Co/c1-2-14-10-16-5-6-18(23-16)12-20-8-7-19(24-20)11-17-4-3-15(22-17)9-13(1)21-14;1-2-4-6-5-3-1;/h1-12,21,24H;1-5H;. The summed E-state index contributed by atoms with van der Waals surface area (Å²) in [7, 11) is 0. The maximum absolute atomic E-state index is 4.63. The van der Waals surface area contributed by atoms with E-state index in [1.54, 1.807) is 12.4 Å². The van der Waals surface area contributed by atoms with Crippen LogP contribution in [-0.2, 0) is 16.8 Å². The van der Waals surface area contributed by atoms with E-state index in [0.717, 1.165) is 44.8 Å². The largest absolute Gasteiger partial charge is 0.355 e. The van der Waals surface area contributed by atoms with Crippen LogP contribution in [-0.4, -0.2) is 24.9 Å². The number of hydrogen-bond donors (Lipinski definition) is 2. The van der Waals surface area contributed by atoms with Gasteiger partial charge in [0.15, 0.2) is 0 Å². The number of nitrogens with one attached hydrogen (secondary N) is 2. The molecule has 6 heteroatoms. The molecule has 0 saturated carbocycles. The van der Waals surface area contributed by atoms with E-state index in [9.17, 15) is 0 Å². The van der Waals surface area contributed by atoms with Gasteiger partial charge in [-0.1, -0.05) is 6.07 Å². The molecule has 0 fully saturated rings. The Hall–Kier alpha value is -3.74. The average molecular weight is 448 g/mol. The van der Waals surface area contributed by atoms with Crippen LogP contribution in [0.25, 0.3) is 46.4 Å². The molecule has 4 aromatic heterocycles. The summed E-state index contributed by atoms with van der Waals surface area (Å²) in [5, 5.41) is 0. The van der Waals surface area contributed by atoms with Crippen molar-refractivity contribution < 1.29 is 16.8 Å². The molecule has 1 radical (unpaired) electrons. The summed E-state index contributed by atoms with van der Waals surface area (Å²) in [5.74, 6) is 0. The molecule has 153 valence electrons. The number of pyridine rings is 1. The van der Waals surface area contributed by atoms with Gasteiger partial charge in [0, 0.05) is 51.2 Å². The minimum Gasteiger partial charge on any atom is -0.355 e. The summed E-state index contributed by atoms with van der Waals surface area (Å²) < 4.78 is 0. The van der Waals surface area contributed by atoms with E-state index in [-0.39, 0.29) is 16.8 Å². The molecular formula is C25H19CoN5. The smallest absolute Gasteiger partial charge is 0.0658 e. The predicted molar refractivity (Wildman–Crippen MR) is 123 cm³/mol. The number of fused-ring (bicyclic) bond motifs is 8. The van der Waals surface area contributed by atoms with E-state index < -0.39 is 0 Å². The van der Waals surface area contributed by atoms with Crippen LogP contribution in [0.3, 0.4) is 0 Å². The van der Waals surface area contributed by atoms with Crippen molar-refractivity contribution in [3.8, 4) is 0 Å². The molecule has 5 nitrogen and oxygen atoms in total. The first-order valence-corrected chi connectivity index (χ1v) is 9.70. The Bertz CT molecular complexity index is 1200. The van der Waals surface area contributed by atoms with Gasteiger partial charge in [-0.25, -0.2) is 9.97 Å². The molecule has 4 aromatic rings. The summed E-state index contributed by atoms with van der Waals surface area (Å²) in [4.78, 5) is 19.8. The minimum atomic E-state index is 0. The van der Waals surface area contributed by atoms with Crippen molar-refractivity contribution in [1.29, 1.82) is 0 Å². The Labute approximate surface area is 189 Å². The fourth-order valence-electron chi connectivity index (χ4n) is 3.26. The maximum Gasteiger partial charge on any atom is 0.0658 e. The second-order valence-electron chi connectivity index (χ2n) is 6.93. The summed E-state index contributed by atoms with van der Waals surface area (Å²) in [6.07, 6.45) is 11.6. The first-order chi connectivity index (χ1) is 14.8. The average Bonchev–Trinajstić information content (AvgIpc) is 3.56. The van der Waals surface area contributed by atoms with E-state index in [1.165, 1.54) is 0 Å². The van der Waals surface area contributed by atoms with Gasteiger partial charge in [-0.2, -0.15) is 0 Å². The topological polar surface area (TPSA) is 70.2 Å². The van der Waals surface area contributed by atoms with Gasteiger partial charge in [-0.05, 0) is 85.0 Å². The van der Waals surface area contributed by atoms with Crippen LogP contribution in [0.4, 0.5) is 0 Å². The monoisotopic (exact) mass is 448 g/mol. The third-order valence-electron chi connectivity index (χ3n) is 4.61. The van der Waals surface area contributed by atoms with Crippen molar-refractivity contribution in [2.75, 3.05) is 0 Å². The predicted octanol–water partition coefficient (Wildman–Crippen LogP) is 5.73. The Balaban J connectivity index is 0.000000288. The Kier molecular flexibility index (Phi) is 6.21. The Morgan fingerprint density at radius 3 is 1.10 bits per heavy atom. The minimum absolute atomic E-state index is 0. The Morgan fingerprint density at radius 1 is 0.484 bits per heavy atom.